The van der Waals surface area contributed by atoms with Crippen LogP contribution in [0.4, 0.5) is 17.1 Å². The van der Waals surface area contributed by atoms with E-state index < -0.39 is 0 Å². The molecule has 3 aromatic carbocycles. The predicted molar refractivity (Wildman–Crippen MR) is 145 cm³/mol. The molecule has 0 heterocycles. The Morgan fingerprint density at radius 1 is 0.649 bits per heavy atom. The Kier molecular flexibility index (Phi) is 9.14. The van der Waals surface area contributed by atoms with Gasteiger partial charge in [-0.2, -0.15) is 5.26 Å². The summed E-state index contributed by atoms with van der Waals surface area (Å²) in [7, 11) is 0. The second kappa shape index (κ2) is 12.5. The lowest BCUT2D eigenvalue weighted by Crippen LogP contribution is -2.43. The van der Waals surface area contributed by atoms with Gasteiger partial charge in [0.1, 0.15) is 0 Å². The van der Waals surface area contributed by atoms with Gasteiger partial charge in [-0.3, -0.25) is 19.3 Å². The lowest BCUT2D eigenvalue weighted by atomic mass is 10.1. The van der Waals surface area contributed by atoms with Crippen molar-refractivity contribution >= 4 is 34.8 Å². The summed E-state index contributed by atoms with van der Waals surface area (Å²) in [4.78, 5) is 40.2. The van der Waals surface area contributed by atoms with Crippen molar-refractivity contribution in [3.63, 3.8) is 0 Å². The Bertz CT molecular complexity index is 1230. The third kappa shape index (κ3) is 7.75. The van der Waals surface area contributed by atoms with Crippen molar-refractivity contribution in [2.24, 2.45) is 0 Å². The summed E-state index contributed by atoms with van der Waals surface area (Å²) < 4.78 is 0. The van der Waals surface area contributed by atoms with Crippen LogP contribution in [0, 0.1) is 39.0 Å². The maximum absolute atomic E-state index is 12.9. The van der Waals surface area contributed by atoms with Gasteiger partial charge in [0.05, 0.1) is 31.3 Å². The number of anilines is 3. The fraction of sp³-hybridized carbons (Fsp3) is 0.241. The Morgan fingerprint density at radius 2 is 1.03 bits per heavy atom. The zero-order valence-electron chi connectivity index (χ0n) is 21.5. The predicted octanol–water partition coefficient (Wildman–Crippen LogP) is 4.31. The van der Waals surface area contributed by atoms with Crippen molar-refractivity contribution < 1.29 is 14.4 Å². The average molecular weight is 498 g/mol. The number of rotatable bonds is 9. The van der Waals surface area contributed by atoms with Gasteiger partial charge in [0.2, 0.25) is 17.7 Å². The van der Waals surface area contributed by atoms with Crippen molar-refractivity contribution in [2.75, 3.05) is 35.6 Å². The number of para-hydroxylation sites is 2. The van der Waals surface area contributed by atoms with Crippen LogP contribution < -0.4 is 16.0 Å². The van der Waals surface area contributed by atoms with E-state index in [0.29, 0.717) is 11.3 Å². The van der Waals surface area contributed by atoms with Crippen LogP contribution in [0.5, 0.6) is 0 Å². The second-order valence-corrected chi connectivity index (χ2v) is 9.01. The number of carbonyl (C=O) groups is 3. The van der Waals surface area contributed by atoms with Crippen LogP contribution in [0.15, 0.2) is 60.7 Å². The summed E-state index contributed by atoms with van der Waals surface area (Å²) in [5.74, 6) is -1.05. The maximum Gasteiger partial charge on any atom is 0.238 e. The smallest absolute Gasteiger partial charge is 0.238 e. The van der Waals surface area contributed by atoms with Gasteiger partial charge in [-0.1, -0.05) is 36.4 Å². The summed E-state index contributed by atoms with van der Waals surface area (Å²) >= 11 is 0. The first-order chi connectivity index (χ1) is 17.7. The lowest BCUT2D eigenvalue weighted by molar-refractivity contribution is -0.122. The highest BCUT2D eigenvalue weighted by atomic mass is 16.2. The van der Waals surface area contributed by atoms with Gasteiger partial charge in [0.25, 0.3) is 0 Å². The summed E-state index contributed by atoms with van der Waals surface area (Å²) in [5.41, 5.74) is 6.12. The Labute approximate surface area is 217 Å². The van der Waals surface area contributed by atoms with Crippen molar-refractivity contribution in [1.82, 2.24) is 4.90 Å². The highest BCUT2D eigenvalue weighted by molar-refractivity contribution is 5.98. The number of nitrogens with zero attached hydrogens (tertiary/aromatic N) is 2. The van der Waals surface area contributed by atoms with Crippen molar-refractivity contribution in [3.8, 4) is 6.07 Å². The molecule has 0 aliphatic carbocycles. The molecule has 8 heteroatoms. The van der Waals surface area contributed by atoms with Crippen molar-refractivity contribution in [3.05, 3.63) is 88.5 Å². The van der Waals surface area contributed by atoms with Gasteiger partial charge < -0.3 is 16.0 Å². The van der Waals surface area contributed by atoms with Crippen LogP contribution in [0.3, 0.4) is 0 Å². The topological polar surface area (TPSA) is 114 Å². The molecule has 0 aliphatic heterocycles. The fourth-order valence-electron chi connectivity index (χ4n) is 3.99. The van der Waals surface area contributed by atoms with Gasteiger partial charge in [0, 0.05) is 17.1 Å². The number of hydrogen-bond acceptors (Lipinski definition) is 5. The standard InChI is InChI=1S/C29H31N5O3/c1-19-7-5-8-20(2)28(19)32-26(36)17-34(16-25(35)31-24-13-11-23(15-30)12-14-24)18-27(37)33-29-21(3)9-6-10-22(29)4/h5-14H,16-18H2,1-4H3,(H,31,35)(H,32,36)(H,33,37). The van der Waals surface area contributed by atoms with Crippen LogP contribution >= 0.6 is 0 Å². The third-order valence-corrected chi connectivity index (χ3v) is 5.89. The molecule has 0 unspecified atom stereocenters. The zero-order valence-corrected chi connectivity index (χ0v) is 21.5. The number of benzene rings is 3. The van der Waals surface area contributed by atoms with E-state index >= 15 is 0 Å². The summed E-state index contributed by atoms with van der Waals surface area (Å²) in [5, 5.41) is 17.5. The molecule has 0 atom stereocenters. The number of nitrogens with one attached hydrogen (secondary N) is 3. The molecule has 0 aliphatic rings. The molecule has 0 saturated carbocycles. The first kappa shape index (κ1) is 27.1. The Hall–Kier alpha value is -4.48. The van der Waals surface area contributed by atoms with Gasteiger partial charge in [0.15, 0.2) is 0 Å². The van der Waals surface area contributed by atoms with E-state index in [4.69, 9.17) is 5.26 Å². The number of nitriles is 1. The van der Waals surface area contributed by atoms with Gasteiger partial charge >= 0.3 is 0 Å². The molecule has 3 amide bonds. The number of carbonyl (C=O) groups excluding carboxylic acids is 3. The molecule has 0 fully saturated rings. The van der Waals surface area contributed by atoms with E-state index in [2.05, 4.69) is 16.0 Å². The largest absolute Gasteiger partial charge is 0.325 e. The van der Waals surface area contributed by atoms with Crippen molar-refractivity contribution in [1.29, 1.82) is 5.26 Å². The molecule has 3 aromatic rings. The van der Waals surface area contributed by atoms with E-state index in [0.717, 1.165) is 33.6 Å². The number of hydrogen-bond donors (Lipinski definition) is 3. The Morgan fingerprint density at radius 3 is 1.41 bits per heavy atom. The van der Waals surface area contributed by atoms with E-state index in [1.807, 2.05) is 70.2 Å². The van der Waals surface area contributed by atoms with Gasteiger partial charge in [-0.15, -0.1) is 0 Å². The first-order valence-electron chi connectivity index (χ1n) is 11.9. The third-order valence-electron chi connectivity index (χ3n) is 5.89. The van der Waals surface area contributed by atoms with Crippen molar-refractivity contribution in [2.45, 2.75) is 27.7 Å². The van der Waals surface area contributed by atoms with Gasteiger partial charge in [-0.25, -0.2) is 0 Å². The van der Waals surface area contributed by atoms with Crippen LogP contribution in [0.1, 0.15) is 27.8 Å². The zero-order chi connectivity index (χ0) is 26.9. The summed E-state index contributed by atoms with van der Waals surface area (Å²) in [6.45, 7) is 7.13. The molecular weight excluding hydrogens is 466 g/mol. The molecule has 3 N–H and O–H groups in total. The van der Waals surface area contributed by atoms with E-state index in [1.54, 1.807) is 24.3 Å². The quantitative estimate of drug-likeness (QED) is 0.408. The molecule has 3 rings (SSSR count). The minimum absolute atomic E-state index is 0.158. The molecule has 0 bridgehead atoms. The SMILES string of the molecule is Cc1cccc(C)c1NC(=O)CN(CC(=O)Nc1ccc(C#N)cc1)CC(=O)Nc1c(C)cccc1C. The maximum atomic E-state index is 12.9. The Balaban J connectivity index is 1.73. The van der Waals surface area contributed by atoms with E-state index in [-0.39, 0.29) is 37.4 Å². The minimum Gasteiger partial charge on any atom is -0.325 e. The monoisotopic (exact) mass is 497 g/mol. The molecule has 0 saturated heterocycles. The fourth-order valence-corrected chi connectivity index (χ4v) is 3.99. The highest BCUT2D eigenvalue weighted by Gasteiger charge is 2.20. The average Bonchev–Trinajstić information content (AvgIpc) is 2.84. The van der Waals surface area contributed by atoms with E-state index in [1.165, 1.54) is 4.90 Å². The van der Waals surface area contributed by atoms with Crippen LogP contribution in [-0.2, 0) is 14.4 Å². The molecule has 0 spiro atoms. The normalized spacial score (nSPS) is 10.5. The van der Waals surface area contributed by atoms with Crippen LogP contribution in [0.2, 0.25) is 0 Å². The van der Waals surface area contributed by atoms with E-state index in [9.17, 15) is 14.4 Å². The number of aryl methyl sites for hydroxylation is 4. The van der Waals surface area contributed by atoms with Crippen LogP contribution in [-0.4, -0.2) is 42.3 Å². The first-order valence-corrected chi connectivity index (χ1v) is 11.9. The summed E-state index contributed by atoms with van der Waals surface area (Å²) in [6, 6.07) is 19.9. The molecular formula is C29H31N5O3. The molecule has 0 radical (unpaired) electrons. The molecule has 8 nitrogen and oxygen atoms in total. The molecule has 190 valence electrons. The second-order valence-electron chi connectivity index (χ2n) is 9.01. The molecule has 0 aromatic heterocycles. The molecule has 37 heavy (non-hydrogen) atoms. The van der Waals surface area contributed by atoms with Crippen LogP contribution in [0.25, 0.3) is 0 Å². The minimum atomic E-state index is -0.385. The number of amides is 3. The van der Waals surface area contributed by atoms with Gasteiger partial charge in [-0.05, 0) is 74.2 Å². The lowest BCUT2D eigenvalue weighted by Gasteiger charge is -2.22. The summed E-state index contributed by atoms with van der Waals surface area (Å²) in [6.07, 6.45) is 0. The highest BCUT2D eigenvalue weighted by Crippen LogP contribution is 2.20.